The van der Waals surface area contributed by atoms with Gasteiger partial charge in [-0.05, 0) is 77.1 Å². The Morgan fingerprint density at radius 3 is 2.34 bits per heavy atom. The summed E-state index contributed by atoms with van der Waals surface area (Å²) in [4.78, 5) is 2.38. The number of phenols is 1. The van der Waals surface area contributed by atoms with Crippen LogP contribution in [0.25, 0.3) is 11.1 Å². The molecule has 5 rings (SSSR count). The van der Waals surface area contributed by atoms with Gasteiger partial charge in [-0.15, -0.1) is 0 Å². The zero-order valence-electron chi connectivity index (χ0n) is 19.1. The van der Waals surface area contributed by atoms with Crippen LogP contribution in [0.4, 0.5) is 10.1 Å². The summed E-state index contributed by atoms with van der Waals surface area (Å²) in [6, 6.07) is 28.6. The third-order valence-electron chi connectivity index (χ3n) is 6.43. The average molecular weight is 488 g/mol. The normalized spacial score (nSPS) is 15.6. The van der Waals surface area contributed by atoms with E-state index in [9.17, 15) is 17.9 Å². The van der Waals surface area contributed by atoms with E-state index >= 15 is 0 Å². The molecule has 0 aromatic heterocycles. The lowest BCUT2D eigenvalue weighted by Gasteiger charge is -2.36. The van der Waals surface area contributed by atoms with Gasteiger partial charge in [0.1, 0.15) is 11.6 Å². The van der Waals surface area contributed by atoms with Gasteiger partial charge in [-0.2, -0.15) is 0 Å². The number of hydrogen-bond acceptors (Lipinski definition) is 4. The van der Waals surface area contributed by atoms with Crippen molar-refractivity contribution in [2.24, 2.45) is 5.92 Å². The van der Waals surface area contributed by atoms with Crippen LogP contribution < -0.4 is 4.90 Å². The van der Waals surface area contributed by atoms with Crippen LogP contribution in [-0.4, -0.2) is 25.8 Å². The lowest BCUT2D eigenvalue weighted by atomic mass is 9.90. The van der Waals surface area contributed by atoms with Crippen LogP contribution in [0.5, 0.6) is 5.75 Å². The van der Waals surface area contributed by atoms with Crippen LogP contribution >= 0.6 is 0 Å². The fraction of sp³-hybridized carbons (Fsp3) is 0.172. The second-order valence-corrected chi connectivity index (χ2v) is 11.1. The Morgan fingerprint density at radius 1 is 0.857 bits per heavy atom. The fourth-order valence-electron chi connectivity index (χ4n) is 4.81. The van der Waals surface area contributed by atoms with Gasteiger partial charge in [0.05, 0.1) is 10.6 Å². The van der Waals surface area contributed by atoms with Crippen LogP contribution in [0.15, 0.2) is 102 Å². The number of halogens is 1. The first-order valence-electron chi connectivity index (χ1n) is 11.6. The highest BCUT2D eigenvalue weighted by Gasteiger charge is 2.29. The van der Waals surface area contributed by atoms with Crippen molar-refractivity contribution in [1.82, 2.24) is 0 Å². The molecule has 6 heteroatoms. The number of anilines is 1. The van der Waals surface area contributed by atoms with E-state index in [1.54, 1.807) is 18.2 Å². The predicted octanol–water partition coefficient (Wildman–Crippen LogP) is 5.85. The molecule has 4 aromatic carbocycles. The molecule has 1 atom stereocenters. The van der Waals surface area contributed by atoms with Gasteiger partial charge in [-0.3, -0.25) is 0 Å². The molecule has 0 amide bonds. The summed E-state index contributed by atoms with van der Waals surface area (Å²) in [5, 5.41) is 9.78. The number of phenolic OH excluding ortho intramolecular Hbond substituents is 1. The maximum absolute atomic E-state index is 13.4. The van der Waals surface area contributed by atoms with Crippen molar-refractivity contribution in [2.45, 2.75) is 17.9 Å². The van der Waals surface area contributed by atoms with Gasteiger partial charge in [0.25, 0.3) is 0 Å². The van der Waals surface area contributed by atoms with Crippen LogP contribution in [0.3, 0.4) is 0 Å². The van der Waals surface area contributed by atoms with Crippen molar-refractivity contribution in [1.29, 1.82) is 0 Å². The third-order valence-corrected chi connectivity index (χ3v) is 8.32. The lowest BCUT2D eigenvalue weighted by Crippen LogP contribution is -2.38. The van der Waals surface area contributed by atoms with E-state index in [1.165, 1.54) is 30.3 Å². The Bertz CT molecular complexity index is 1440. The van der Waals surface area contributed by atoms with Crippen molar-refractivity contribution < 1.29 is 17.9 Å². The molecule has 0 aliphatic carbocycles. The Hall–Kier alpha value is -3.64. The molecular formula is C29H26FNO3S. The molecule has 0 fully saturated rings. The highest BCUT2D eigenvalue weighted by Crippen LogP contribution is 2.35. The van der Waals surface area contributed by atoms with Crippen molar-refractivity contribution in [2.75, 3.05) is 17.2 Å². The summed E-state index contributed by atoms with van der Waals surface area (Å²) >= 11 is 0. The largest absolute Gasteiger partial charge is 0.508 e. The Balaban J connectivity index is 1.48. The molecule has 0 unspecified atom stereocenters. The molecule has 1 aliphatic heterocycles. The standard InChI is InChI=1S/C29H26FNO3S/c30-26-12-9-23(10-13-26)24-11-14-29-25(16-24)15-22(19-31(29)18-21-5-2-1-3-6-21)20-35(33,34)28-8-4-7-27(32)17-28/h1-14,16-17,22,32H,15,18-20H2/t22-/m1/s1. The molecule has 0 bridgehead atoms. The van der Waals surface area contributed by atoms with Crippen molar-refractivity contribution in [3.05, 3.63) is 114 Å². The molecular weight excluding hydrogens is 461 g/mol. The summed E-state index contributed by atoms with van der Waals surface area (Å²) in [5.74, 6) is -0.475. The second kappa shape index (κ2) is 9.55. The minimum atomic E-state index is -3.58. The minimum Gasteiger partial charge on any atom is -0.508 e. The Kier molecular flexibility index (Phi) is 6.31. The number of sulfone groups is 1. The number of aromatic hydroxyl groups is 1. The molecule has 4 nitrogen and oxygen atoms in total. The van der Waals surface area contributed by atoms with Gasteiger partial charge >= 0.3 is 0 Å². The van der Waals surface area contributed by atoms with E-state index in [0.29, 0.717) is 19.5 Å². The van der Waals surface area contributed by atoms with Gasteiger partial charge < -0.3 is 10.0 Å². The lowest BCUT2D eigenvalue weighted by molar-refractivity contribution is 0.472. The Morgan fingerprint density at radius 2 is 1.60 bits per heavy atom. The topological polar surface area (TPSA) is 57.6 Å². The predicted molar refractivity (Wildman–Crippen MR) is 137 cm³/mol. The molecule has 4 aromatic rings. The van der Waals surface area contributed by atoms with Crippen LogP contribution in [-0.2, 0) is 22.8 Å². The van der Waals surface area contributed by atoms with Gasteiger partial charge in [-0.25, -0.2) is 12.8 Å². The highest BCUT2D eigenvalue weighted by atomic mass is 32.2. The van der Waals surface area contributed by atoms with Crippen molar-refractivity contribution >= 4 is 15.5 Å². The molecule has 178 valence electrons. The molecule has 0 radical (unpaired) electrons. The summed E-state index contributed by atoms with van der Waals surface area (Å²) < 4.78 is 39.8. The monoisotopic (exact) mass is 487 g/mol. The van der Waals surface area contributed by atoms with Crippen molar-refractivity contribution in [3.63, 3.8) is 0 Å². The summed E-state index contributed by atoms with van der Waals surface area (Å²) in [6.45, 7) is 1.28. The van der Waals surface area contributed by atoms with E-state index in [4.69, 9.17) is 0 Å². The van der Waals surface area contributed by atoms with E-state index in [-0.39, 0.29) is 28.1 Å². The quantitative estimate of drug-likeness (QED) is 0.371. The number of hydrogen-bond donors (Lipinski definition) is 1. The van der Waals surface area contributed by atoms with Crippen molar-refractivity contribution in [3.8, 4) is 16.9 Å². The van der Waals surface area contributed by atoms with E-state index in [0.717, 1.165) is 27.9 Å². The second-order valence-electron chi connectivity index (χ2n) is 9.07. The third kappa shape index (κ3) is 5.23. The van der Waals surface area contributed by atoms with Crippen LogP contribution in [0, 0.1) is 11.7 Å². The first-order chi connectivity index (χ1) is 16.9. The molecule has 0 saturated heterocycles. The molecule has 1 aliphatic rings. The van der Waals surface area contributed by atoms with Gasteiger partial charge in [-0.1, -0.05) is 54.6 Å². The SMILES string of the molecule is O=S(=O)(C[C@@H]1Cc2cc(-c3ccc(F)cc3)ccc2N(Cc2ccccc2)C1)c1cccc(O)c1. The molecule has 35 heavy (non-hydrogen) atoms. The average Bonchev–Trinajstić information content (AvgIpc) is 2.84. The number of nitrogens with zero attached hydrogens (tertiary/aromatic N) is 1. The highest BCUT2D eigenvalue weighted by molar-refractivity contribution is 7.91. The number of fused-ring (bicyclic) bond motifs is 1. The Labute approximate surface area is 205 Å². The molecule has 1 heterocycles. The van der Waals surface area contributed by atoms with E-state index in [1.807, 2.05) is 24.3 Å². The molecule has 1 N–H and O–H groups in total. The van der Waals surface area contributed by atoms with Crippen LogP contribution in [0.2, 0.25) is 0 Å². The van der Waals surface area contributed by atoms with E-state index in [2.05, 4.69) is 29.2 Å². The van der Waals surface area contributed by atoms with E-state index < -0.39 is 9.84 Å². The maximum atomic E-state index is 13.4. The van der Waals surface area contributed by atoms with Crippen LogP contribution in [0.1, 0.15) is 11.1 Å². The summed E-state index contributed by atoms with van der Waals surface area (Å²) in [7, 11) is -3.58. The zero-order valence-corrected chi connectivity index (χ0v) is 20.0. The fourth-order valence-corrected chi connectivity index (χ4v) is 6.44. The first kappa shape index (κ1) is 23.1. The van der Waals surface area contributed by atoms with Gasteiger partial charge in [0, 0.05) is 18.8 Å². The summed E-state index contributed by atoms with van der Waals surface area (Å²) in [5.41, 5.74) is 5.20. The smallest absolute Gasteiger partial charge is 0.178 e. The van der Waals surface area contributed by atoms with Gasteiger partial charge in [0.15, 0.2) is 9.84 Å². The molecule has 0 spiro atoms. The molecule has 0 saturated carbocycles. The number of rotatable bonds is 6. The number of benzene rings is 4. The maximum Gasteiger partial charge on any atom is 0.178 e. The summed E-state index contributed by atoms with van der Waals surface area (Å²) in [6.07, 6.45) is 0.619. The first-order valence-corrected chi connectivity index (χ1v) is 13.2. The zero-order chi connectivity index (χ0) is 24.4. The van der Waals surface area contributed by atoms with Gasteiger partial charge in [0.2, 0.25) is 0 Å². The minimum absolute atomic E-state index is 0.0119.